The van der Waals surface area contributed by atoms with E-state index in [1.807, 2.05) is 33.2 Å². The first-order valence-corrected chi connectivity index (χ1v) is 3.93. The Bertz CT molecular complexity index is 272. The van der Waals surface area contributed by atoms with Gasteiger partial charge in [-0.15, -0.1) is 0 Å². The summed E-state index contributed by atoms with van der Waals surface area (Å²) in [5, 5.41) is 3.99. The molecule has 1 aromatic heterocycles. The second-order valence-electron chi connectivity index (χ2n) is 2.94. The highest BCUT2D eigenvalue weighted by atomic mass is 16.5. The molecule has 0 saturated carbocycles. The molecular formula is C9H14N2O. The third kappa shape index (κ3) is 2.78. The maximum absolute atomic E-state index is 5.38. The second kappa shape index (κ2) is 3.95. The van der Waals surface area contributed by atoms with E-state index < -0.39 is 0 Å². The van der Waals surface area contributed by atoms with E-state index in [9.17, 15) is 0 Å². The van der Waals surface area contributed by atoms with E-state index in [0.717, 1.165) is 5.75 Å². The predicted octanol–water partition coefficient (Wildman–Crippen LogP) is 1.77. The van der Waals surface area contributed by atoms with Gasteiger partial charge in [0.05, 0.1) is 12.4 Å². The van der Waals surface area contributed by atoms with Crippen molar-refractivity contribution < 1.29 is 4.74 Å². The zero-order valence-corrected chi connectivity index (χ0v) is 7.74. The summed E-state index contributed by atoms with van der Waals surface area (Å²) in [6.07, 6.45) is 5.59. The molecule has 1 aromatic rings. The van der Waals surface area contributed by atoms with Crippen LogP contribution in [0.25, 0.3) is 0 Å². The van der Waals surface area contributed by atoms with Crippen LogP contribution in [0.5, 0.6) is 5.75 Å². The quantitative estimate of drug-likeness (QED) is 0.640. The van der Waals surface area contributed by atoms with Gasteiger partial charge in [0.2, 0.25) is 0 Å². The number of hydrogen-bond donors (Lipinski definition) is 0. The zero-order chi connectivity index (χ0) is 8.97. The first-order valence-electron chi connectivity index (χ1n) is 3.93. The topological polar surface area (TPSA) is 27.1 Å². The number of aromatic nitrogens is 2. The standard InChI is InChI=1S/C9H14N2O/c1-8(2)4-5-12-9-6-10-11(3)7-9/h4,6-7H,5H2,1-3H3. The SMILES string of the molecule is CC(C)=CCOc1cnn(C)c1. The average molecular weight is 166 g/mol. The van der Waals surface area contributed by atoms with E-state index in [-0.39, 0.29) is 0 Å². The van der Waals surface area contributed by atoms with Gasteiger partial charge < -0.3 is 4.74 Å². The van der Waals surface area contributed by atoms with Gasteiger partial charge in [-0.1, -0.05) is 5.57 Å². The highest BCUT2D eigenvalue weighted by Crippen LogP contribution is 2.06. The highest BCUT2D eigenvalue weighted by Gasteiger charge is 1.93. The van der Waals surface area contributed by atoms with Gasteiger partial charge in [-0.2, -0.15) is 5.10 Å². The van der Waals surface area contributed by atoms with Crippen molar-refractivity contribution in [1.29, 1.82) is 0 Å². The maximum atomic E-state index is 5.38. The zero-order valence-electron chi connectivity index (χ0n) is 7.74. The molecule has 0 bridgehead atoms. The van der Waals surface area contributed by atoms with E-state index in [0.29, 0.717) is 6.61 Å². The molecule has 0 unspecified atom stereocenters. The van der Waals surface area contributed by atoms with Gasteiger partial charge in [-0.25, -0.2) is 0 Å². The average Bonchev–Trinajstić information content (AvgIpc) is 2.35. The third-order valence-electron chi connectivity index (χ3n) is 1.42. The van der Waals surface area contributed by atoms with Crippen molar-refractivity contribution in [3.05, 3.63) is 24.0 Å². The molecule has 1 heterocycles. The molecule has 3 heteroatoms. The molecule has 0 atom stereocenters. The van der Waals surface area contributed by atoms with E-state index in [2.05, 4.69) is 5.10 Å². The van der Waals surface area contributed by atoms with Crippen LogP contribution in [0.3, 0.4) is 0 Å². The van der Waals surface area contributed by atoms with Crippen molar-refractivity contribution in [2.45, 2.75) is 13.8 Å². The first-order chi connectivity index (χ1) is 5.68. The Labute approximate surface area is 72.7 Å². The normalized spacial score (nSPS) is 9.58. The molecule has 0 aliphatic rings. The smallest absolute Gasteiger partial charge is 0.157 e. The molecule has 0 radical (unpaired) electrons. The molecule has 12 heavy (non-hydrogen) atoms. The number of ether oxygens (including phenoxy) is 1. The first kappa shape index (κ1) is 8.84. The minimum absolute atomic E-state index is 0.619. The van der Waals surface area contributed by atoms with Crippen LogP contribution in [-0.4, -0.2) is 16.4 Å². The lowest BCUT2D eigenvalue weighted by Gasteiger charge is -1.97. The second-order valence-corrected chi connectivity index (χ2v) is 2.94. The lowest BCUT2D eigenvalue weighted by atomic mass is 10.3. The van der Waals surface area contributed by atoms with Gasteiger partial charge >= 0.3 is 0 Å². The van der Waals surface area contributed by atoms with Crippen LogP contribution in [0.2, 0.25) is 0 Å². The Morgan fingerprint density at radius 2 is 2.42 bits per heavy atom. The van der Waals surface area contributed by atoms with Gasteiger partial charge in [-0.3, -0.25) is 4.68 Å². The molecule has 0 spiro atoms. The molecule has 0 fully saturated rings. The molecule has 0 amide bonds. The van der Waals surface area contributed by atoms with Crippen molar-refractivity contribution in [1.82, 2.24) is 9.78 Å². The summed E-state index contributed by atoms with van der Waals surface area (Å²) < 4.78 is 7.10. The Kier molecular flexibility index (Phi) is 2.91. The van der Waals surface area contributed by atoms with Crippen LogP contribution < -0.4 is 4.74 Å². The fraction of sp³-hybridized carbons (Fsp3) is 0.444. The number of nitrogens with zero attached hydrogens (tertiary/aromatic N) is 2. The summed E-state index contributed by atoms with van der Waals surface area (Å²) in [5.74, 6) is 0.815. The summed E-state index contributed by atoms with van der Waals surface area (Å²) in [4.78, 5) is 0. The summed E-state index contributed by atoms with van der Waals surface area (Å²) in [6.45, 7) is 4.72. The largest absolute Gasteiger partial charge is 0.486 e. The Balaban J connectivity index is 2.38. The van der Waals surface area contributed by atoms with Crippen LogP contribution in [0, 0.1) is 0 Å². The Morgan fingerprint density at radius 3 is 2.92 bits per heavy atom. The fourth-order valence-corrected chi connectivity index (χ4v) is 0.778. The lowest BCUT2D eigenvalue weighted by molar-refractivity contribution is 0.361. The molecule has 0 aliphatic carbocycles. The maximum Gasteiger partial charge on any atom is 0.157 e. The van der Waals surface area contributed by atoms with Crippen LogP contribution in [-0.2, 0) is 7.05 Å². The fourth-order valence-electron chi connectivity index (χ4n) is 0.778. The van der Waals surface area contributed by atoms with Crippen molar-refractivity contribution in [2.24, 2.45) is 7.05 Å². The van der Waals surface area contributed by atoms with Crippen LogP contribution in [0.15, 0.2) is 24.0 Å². The van der Waals surface area contributed by atoms with Crippen LogP contribution in [0.4, 0.5) is 0 Å². The molecular weight excluding hydrogens is 152 g/mol. The van der Waals surface area contributed by atoms with Gasteiger partial charge in [0, 0.05) is 7.05 Å². The third-order valence-corrected chi connectivity index (χ3v) is 1.42. The molecule has 0 saturated heterocycles. The van der Waals surface area contributed by atoms with Crippen molar-refractivity contribution in [2.75, 3.05) is 6.61 Å². The highest BCUT2D eigenvalue weighted by molar-refractivity contribution is 5.12. The minimum atomic E-state index is 0.619. The summed E-state index contributed by atoms with van der Waals surface area (Å²) >= 11 is 0. The molecule has 0 N–H and O–H groups in total. The molecule has 1 rings (SSSR count). The van der Waals surface area contributed by atoms with Crippen LogP contribution >= 0.6 is 0 Å². The molecule has 3 nitrogen and oxygen atoms in total. The van der Waals surface area contributed by atoms with Crippen molar-refractivity contribution in [3.8, 4) is 5.75 Å². The summed E-state index contributed by atoms with van der Waals surface area (Å²) in [7, 11) is 1.87. The van der Waals surface area contributed by atoms with Gasteiger partial charge in [-0.05, 0) is 19.9 Å². The van der Waals surface area contributed by atoms with E-state index >= 15 is 0 Å². The molecule has 0 aromatic carbocycles. The predicted molar refractivity (Wildman–Crippen MR) is 48.1 cm³/mol. The Hall–Kier alpha value is -1.25. The summed E-state index contributed by atoms with van der Waals surface area (Å²) in [5.41, 5.74) is 1.26. The van der Waals surface area contributed by atoms with E-state index in [4.69, 9.17) is 4.74 Å². The van der Waals surface area contributed by atoms with Crippen molar-refractivity contribution >= 4 is 0 Å². The summed E-state index contributed by atoms with van der Waals surface area (Å²) in [6, 6.07) is 0. The van der Waals surface area contributed by atoms with Gasteiger partial charge in [0.25, 0.3) is 0 Å². The van der Waals surface area contributed by atoms with Crippen molar-refractivity contribution in [3.63, 3.8) is 0 Å². The number of hydrogen-bond acceptors (Lipinski definition) is 2. The van der Waals surface area contributed by atoms with E-state index in [1.54, 1.807) is 10.9 Å². The van der Waals surface area contributed by atoms with Crippen LogP contribution in [0.1, 0.15) is 13.8 Å². The number of allylic oxidation sites excluding steroid dienone is 1. The number of rotatable bonds is 3. The van der Waals surface area contributed by atoms with E-state index in [1.165, 1.54) is 5.57 Å². The van der Waals surface area contributed by atoms with Gasteiger partial charge in [0.15, 0.2) is 5.75 Å². The van der Waals surface area contributed by atoms with Gasteiger partial charge in [0.1, 0.15) is 6.61 Å². The monoisotopic (exact) mass is 166 g/mol. The molecule has 0 aliphatic heterocycles. The minimum Gasteiger partial charge on any atom is -0.486 e. The molecule has 66 valence electrons. The Morgan fingerprint density at radius 1 is 1.67 bits per heavy atom. The lowest BCUT2D eigenvalue weighted by Crippen LogP contribution is -1.92. The number of aryl methyl sites for hydroxylation is 1.